The number of phosphoric acid groups is 1. The predicted molar refractivity (Wildman–Crippen MR) is 240 cm³/mol. The fourth-order valence-electron chi connectivity index (χ4n) is 5.01. The normalized spacial score (nSPS) is 14.8. The zero-order chi connectivity index (χ0) is 42.8. The van der Waals surface area contributed by atoms with Crippen LogP contribution in [0, 0.1) is 0 Å². The Morgan fingerprint density at radius 3 is 1.38 bits per heavy atom. The molecule has 0 aliphatic rings. The molecule has 0 saturated heterocycles. The van der Waals surface area contributed by atoms with E-state index in [1.165, 1.54) is 114 Å². The Morgan fingerprint density at radius 2 is 0.931 bits per heavy atom. The Balaban J connectivity index is 4.85. The number of phosphoric ester groups is 1. The van der Waals surface area contributed by atoms with E-state index in [0.717, 1.165) is 12.8 Å². The van der Waals surface area contributed by atoms with Gasteiger partial charge in [-0.25, -0.2) is 9.59 Å². The smallest absolute Gasteiger partial charge is 0.331 e. The molecule has 0 aromatic carbocycles. The lowest BCUT2D eigenvalue weighted by Crippen LogP contribution is -2.37. The largest absolute Gasteiger partial charge is 0.756 e. The molecule has 326 valence electrons. The molecule has 0 fully saturated rings. The van der Waals surface area contributed by atoms with Crippen molar-refractivity contribution in [3.05, 3.63) is 122 Å². The van der Waals surface area contributed by atoms with Gasteiger partial charge >= 0.3 is 11.9 Å². The average molecular weight is 826 g/mol. The minimum atomic E-state index is -4.70. The molecule has 0 aromatic rings. The first-order valence-corrected chi connectivity index (χ1v) is 22.9. The maximum absolute atomic E-state index is 12.5. The van der Waals surface area contributed by atoms with Gasteiger partial charge in [0.25, 0.3) is 7.82 Å². The maximum Gasteiger partial charge on any atom is 0.331 e. The summed E-state index contributed by atoms with van der Waals surface area (Å²) in [6.45, 7) is 3.80. The zero-order valence-electron chi connectivity index (χ0n) is 36.4. The molecular weight excluding hydrogens is 750 g/mol. The first kappa shape index (κ1) is 54.4. The summed E-state index contributed by atoms with van der Waals surface area (Å²) in [6, 6.07) is 0. The maximum atomic E-state index is 12.5. The Kier molecular flexibility index (Phi) is 36.5. The van der Waals surface area contributed by atoms with E-state index in [-0.39, 0.29) is 6.61 Å². The molecule has 0 aliphatic carbocycles. The van der Waals surface area contributed by atoms with Crippen LogP contribution in [0.2, 0.25) is 0 Å². The topological polar surface area (TPSA) is 111 Å². The van der Waals surface area contributed by atoms with Gasteiger partial charge in [-0.2, -0.15) is 0 Å². The van der Waals surface area contributed by atoms with Crippen LogP contribution in [0.25, 0.3) is 0 Å². The number of allylic oxidation sites excluding steroid dienone is 18. The highest BCUT2D eigenvalue weighted by molar-refractivity contribution is 7.45. The van der Waals surface area contributed by atoms with Gasteiger partial charge in [-0.1, -0.05) is 200 Å². The molecule has 2 atom stereocenters. The van der Waals surface area contributed by atoms with Crippen LogP contribution in [0.1, 0.15) is 117 Å². The van der Waals surface area contributed by atoms with Crippen LogP contribution in [0.3, 0.4) is 0 Å². The number of likely N-dealkylation sites (N-methyl/N-ethyl adjacent to an activating group) is 1. The molecule has 9 nitrogen and oxygen atoms in total. The summed E-state index contributed by atoms with van der Waals surface area (Å²) in [5, 5.41) is 0. The van der Waals surface area contributed by atoms with Gasteiger partial charge in [0.15, 0.2) is 6.10 Å². The van der Waals surface area contributed by atoms with Crippen molar-refractivity contribution in [3.63, 3.8) is 0 Å². The third-order valence-electron chi connectivity index (χ3n) is 8.37. The van der Waals surface area contributed by atoms with Gasteiger partial charge in [0, 0.05) is 12.2 Å². The quantitative estimate of drug-likeness (QED) is 0.0153. The van der Waals surface area contributed by atoms with Crippen LogP contribution in [0.15, 0.2) is 122 Å². The lowest BCUT2D eigenvalue weighted by molar-refractivity contribution is -0.870. The summed E-state index contributed by atoms with van der Waals surface area (Å²) in [7, 11) is 0.987. The monoisotopic (exact) mass is 826 g/mol. The Labute approximate surface area is 352 Å². The van der Waals surface area contributed by atoms with Crippen LogP contribution in [0.4, 0.5) is 0 Å². The van der Waals surface area contributed by atoms with Crippen LogP contribution in [-0.2, 0) is 32.7 Å². The van der Waals surface area contributed by atoms with E-state index in [0.29, 0.717) is 11.0 Å². The number of rotatable bonds is 36. The molecule has 0 amide bonds. The Bertz CT molecular complexity index is 1390. The number of hydrogen-bond donors (Lipinski definition) is 0. The van der Waals surface area contributed by atoms with E-state index in [1.807, 2.05) is 75.8 Å². The molecule has 58 heavy (non-hydrogen) atoms. The van der Waals surface area contributed by atoms with Gasteiger partial charge in [0.1, 0.15) is 19.8 Å². The fourth-order valence-corrected chi connectivity index (χ4v) is 5.74. The molecular formula is C48H76NO8P. The van der Waals surface area contributed by atoms with E-state index in [2.05, 4.69) is 32.1 Å². The number of nitrogens with zero attached hydrogens (tertiary/aromatic N) is 1. The van der Waals surface area contributed by atoms with Crippen molar-refractivity contribution in [2.45, 2.75) is 123 Å². The van der Waals surface area contributed by atoms with E-state index in [1.54, 1.807) is 24.3 Å². The van der Waals surface area contributed by atoms with Crippen LogP contribution in [-0.4, -0.2) is 70.0 Å². The van der Waals surface area contributed by atoms with E-state index in [9.17, 15) is 19.0 Å². The molecule has 10 heteroatoms. The first-order chi connectivity index (χ1) is 28.0. The number of quaternary nitrogens is 1. The van der Waals surface area contributed by atoms with Crippen LogP contribution >= 0.6 is 7.82 Å². The second-order valence-electron chi connectivity index (χ2n) is 15.0. The zero-order valence-corrected chi connectivity index (χ0v) is 37.3. The van der Waals surface area contributed by atoms with Gasteiger partial charge in [-0.15, -0.1) is 0 Å². The first-order valence-electron chi connectivity index (χ1n) is 21.4. The van der Waals surface area contributed by atoms with Crippen LogP contribution < -0.4 is 4.89 Å². The Morgan fingerprint density at radius 1 is 0.534 bits per heavy atom. The number of carbonyl (C=O) groups excluding carboxylic acids is 2. The van der Waals surface area contributed by atoms with Gasteiger partial charge < -0.3 is 27.9 Å². The molecule has 0 heterocycles. The number of hydrogen-bond acceptors (Lipinski definition) is 8. The summed E-state index contributed by atoms with van der Waals surface area (Å²) in [4.78, 5) is 37.2. The third kappa shape index (κ3) is 42.0. The van der Waals surface area contributed by atoms with Gasteiger partial charge in [-0.3, -0.25) is 4.57 Å². The lowest BCUT2D eigenvalue weighted by atomic mass is 10.1. The van der Waals surface area contributed by atoms with E-state index >= 15 is 0 Å². The minimum absolute atomic E-state index is 0.0841. The summed E-state index contributed by atoms with van der Waals surface area (Å²) in [5.41, 5.74) is 0. The molecule has 0 aliphatic heterocycles. The second kappa shape index (κ2) is 38.9. The predicted octanol–water partition coefficient (Wildman–Crippen LogP) is 11.5. The molecule has 0 radical (unpaired) electrons. The number of unbranched alkanes of at least 4 members (excludes halogenated alkanes) is 14. The highest BCUT2D eigenvalue weighted by atomic mass is 31.2. The second-order valence-corrected chi connectivity index (χ2v) is 16.4. The SMILES string of the molecule is CCCCCCCCC/C=C/C=C/C=C/C=C/C=C/C(=O)OC[C@H](COP(=O)([O-])OCC[N+](C)(C)C)OC(=O)/C=C/C=C/C=C/C=C/C=C/CCCCCCCCC. The minimum Gasteiger partial charge on any atom is -0.756 e. The highest BCUT2D eigenvalue weighted by Gasteiger charge is 2.20. The Hall–Kier alpha value is -3.59. The van der Waals surface area contributed by atoms with E-state index < -0.39 is 39.1 Å². The fraction of sp³-hybridized carbons (Fsp3) is 0.542. The molecule has 0 bridgehead atoms. The average Bonchev–Trinajstić information content (AvgIpc) is 3.17. The summed E-state index contributed by atoms with van der Waals surface area (Å²) in [6.07, 6.45) is 55.2. The molecule has 1 unspecified atom stereocenters. The summed E-state index contributed by atoms with van der Waals surface area (Å²) >= 11 is 0. The van der Waals surface area contributed by atoms with Crippen molar-refractivity contribution in [2.24, 2.45) is 0 Å². The standard InChI is InChI=1S/C48H76NO8P/c1-6-8-10-12-14-16-18-20-22-24-26-28-30-32-34-36-38-40-47(50)54-44-46(45-56-58(52,53)55-43-42-49(3,4)5)57-48(51)41-39-37-35-33-31-29-27-25-23-21-19-17-15-13-11-9-7-2/h22-41,46H,6-21,42-45H2,1-5H3/b24-22+,25-23+,28-26+,29-27+,32-30+,33-31+,36-34+,37-35+,40-38+,41-39+/t46-/m1/s1. The van der Waals surface area contributed by atoms with E-state index in [4.69, 9.17) is 18.5 Å². The van der Waals surface area contributed by atoms with Crippen LogP contribution in [0.5, 0.6) is 0 Å². The molecule has 0 N–H and O–H groups in total. The highest BCUT2D eigenvalue weighted by Crippen LogP contribution is 2.38. The van der Waals surface area contributed by atoms with Crippen molar-refractivity contribution >= 4 is 19.8 Å². The number of esters is 2. The summed E-state index contributed by atoms with van der Waals surface area (Å²) in [5.74, 6) is -1.47. The lowest BCUT2D eigenvalue weighted by Gasteiger charge is -2.28. The van der Waals surface area contributed by atoms with Crippen molar-refractivity contribution in [1.29, 1.82) is 0 Å². The molecule has 0 spiro atoms. The van der Waals surface area contributed by atoms with Crippen molar-refractivity contribution in [3.8, 4) is 0 Å². The van der Waals surface area contributed by atoms with Gasteiger partial charge in [0.2, 0.25) is 0 Å². The number of ether oxygens (including phenoxy) is 2. The van der Waals surface area contributed by atoms with Gasteiger partial charge in [-0.05, 0) is 25.7 Å². The third-order valence-corrected chi connectivity index (χ3v) is 9.33. The molecule has 0 aromatic heterocycles. The molecule has 0 saturated carbocycles. The number of carbonyl (C=O) groups is 2. The molecule has 0 rings (SSSR count). The van der Waals surface area contributed by atoms with Crippen molar-refractivity contribution < 1.29 is 42.1 Å². The van der Waals surface area contributed by atoms with Gasteiger partial charge in [0.05, 0.1) is 27.7 Å². The van der Waals surface area contributed by atoms with Crippen molar-refractivity contribution in [2.75, 3.05) is 47.5 Å². The van der Waals surface area contributed by atoms with Crippen molar-refractivity contribution in [1.82, 2.24) is 0 Å². The summed E-state index contributed by atoms with van der Waals surface area (Å²) < 4.78 is 33.3.